The van der Waals surface area contributed by atoms with Gasteiger partial charge in [-0.15, -0.1) is 0 Å². The third-order valence-corrected chi connectivity index (χ3v) is 4.81. The summed E-state index contributed by atoms with van der Waals surface area (Å²) in [5.74, 6) is -0.0525. The molecule has 0 aliphatic carbocycles. The lowest BCUT2D eigenvalue weighted by Crippen LogP contribution is -2.24. The fraction of sp³-hybridized carbons (Fsp3) is 0.316. The number of rotatable bonds is 7. The van der Waals surface area contributed by atoms with E-state index in [1.165, 1.54) is 11.9 Å². The van der Waals surface area contributed by atoms with Gasteiger partial charge >= 0.3 is 0 Å². The predicted molar refractivity (Wildman–Crippen MR) is 103 cm³/mol. The molecule has 2 rings (SSSR count). The molecule has 0 atom stereocenters. The zero-order valence-electron chi connectivity index (χ0n) is 14.8. The van der Waals surface area contributed by atoms with Crippen molar-refractivity contribution in [2.24, 2.45) is 0 Å². The molecule has 130 valence electrons. The Hall–Kier alpha value is -2.52. The maximum Gasteiger partial charge on any atom is 0.234 e. The van der Waals surface area contributed by atoms with Crippen molar-refractivity contribution >= 4 is 29.2 Å². The summed E-state index contributed by atoms with van der Waals surface area (Å²) < 4.78 is 1.66. The summed E-state index contributed by atoms with van der Waals surface area (Å²) in [6, 6.07) is 13.8. The molecule has 25 heavy (non-hydrogen) atoms. The Morgan fingerprint density at radius 3 is 2.68 bits per heavy atom. The van der Waals surface area contributed by atoms with E-state index in [9.17, 15) is 4.79 Å². The summed E-state index contributed by atoms with van der Waals surface area (Å²) >= 11 is 1.31. The van der Waals surface area contributed by atoms with Crippen LogP contribution in [0.25, 0.3) is 0 Å². The van der Waals surface area contributed by atoms with Gasteiger partial charge in [-0.05, 0) is 49.7 Å². The number of hydrogen-bond donors (Lipinski definition) is 0. The average molecular weight is 354 g/mol. The van der Waals surface area contributed by atoms with Gasteiger partial charge in [-0.25, -0.2) is 9.29 Å². The quantitative estimate of drug-likeness (QED) is 0.698. The van der Waals surface area contributed by atoms with Gasteiger partial charge in [-0.3, -0.25) is 4.79 Å². The first-order valence-corrected chi connectivity index (χ1v) is 8.96. The molecule has 0 bridgehead atoms. The van der Waals surface area contributed by atoms with Crippen molar-refractivity contribution in [3.05, 3.63) is 48.2 Å². The lowest BCUT2D eigenvalue weighted by atomic mass is 10.1. The Bertz CT molecular complexity index is 758. The van der Waals surface area contributed by atoms with Crippen molar-refractivity contribution < 1.29 is 4.79 Å². The molecule has 0 saturated heterocycles. The molecule has 1 heterocycles. The van der Waals surface area contributed by atoms with Crippen LogP contribution in [0.1, 0.15) is 25.8 Å². The minimum atomic E-state index is -0.0525. The highest BCUT2D eigenvalue weighted by atomic mass is 32.2. The van der Waals surface area contributed by atoms with Crippen molar-refractivity contribution in [2.75, 3.05) is 22.3 Å². The smallest absolute Gasteiger partial charge is 0.234 e. The normalized spacial score (nSPS) is 10.2. The number of nitrogens with zero attached hydrogens (tertiary/aromatic N) is 4. The zero-order valence-corrected chi connectivity index (χ0v) is 15.6. The van der Waals surface area contributed by atoms with Gasteiger partial charge in [-0.2, -0.15) is 5.26 Å². The molecule has 5 nitrogen and oxygen atoms in total. The lowest BCUT2D eigenvalue weighted by molar-refractivity contribution is -0.115. The molecule has 1 aromatic heterocycles. The van der Waals surface area contributed by atoms with E-state index in [0.29, 0.717) is 13.0 Å². The van der Waals surface area contributed by atoms with Crippen molar-refractivity contribution in [2.45, 2.75) is 32.2 Å². The molecule has 0 saturated carbocycles. The van der Waals surface area contributed by atoms with Gasteiger partial charge in [-0.1, -0.05) is 6.07 Å². The van der Waals surface area contributed by atoms with Crippen LogP contribution < -0.4 is 9.21 Å². The van der Waals surface area contributed by atoms with E-state index in [-0.39, 0.29) is 5.91 Å². The largest absolute Gasteiger partial charge is 0.371 e. The molecule has 1 amide bonds. The number of aryl methyl sites for hydroxylation is 1. The van der Waals surface area contributed by atoms with Crippen LogP contribution in [0.15, 0.2) is 47.6 Å². The van der Waals surface area contributed by atoms with E-state index < -0.39 is 0 Å². The van der Waals surface area contributed by atoms with Crippen LogP contribution in [0.5, 0.6) is 0 Å². The highest BCUT2D eigenvalue weighted by Crippen LogP contribution is 2.32. The number of amides is 1. The molecule has 0 fully saturated rings. The van der Waals surface area contributed by atoms with Gasteiger partial charge in [0.25, 0.3) is 0 Å². The molecular formula is C19H22N4OS. The van der Waals surface area contributed by atoms with E-state index in [4.69, 9.17) is 5.26 Å². The van der Waals surface area contributed by atoms with E-state index in [2.05, 4.69) is 28.9 Å². The number of carbonyl (C=O) groups excluding carboxylic acids is 1. The van der Waals surface area contributed by atoms with Crippen LogP contribution in [0, 0.1) is 18.3 Å². The molecule has 1 aromatic carbocycles. The zero-order chi connectivity index (χ0) is 18.2. The first-order valence-electron chi connectivity index (χ1n) is 8.19. The standard InChI is InChI=1S/C19H22N4OS/c1-4-22(13-7-11-20)17-9-10-18(15(2)14-17)23(16(3)24)25-19-8-5-6-12-21-19/h5-6,8-10,12,14H,4,7,13H2,1-3H3. The summed E-state index contributed by atoms with van der Waals surface area (Å²) in [6.07, 6.45) is 2.20. The second-order valence-corrected chi connectivity index (χ2v) is 6.50. The van der Waals surface area contributed by atoms with Crippen LogP contribution in [-0.4, -0.2) is 24.0 Å². The second-order valence-electron chi connectivity index (χ2n) is 5.53. The summed E-state index contributed by atoms with van der Waals surface area (Å²) in [7, 11) is 0. The van der Waals surface area contributed by atoms with Gasteiger partial charge in [0.1, 0.15) is 5.03 Å². The molecule has 6 heteroatoms. The number of nitriles is 1. The van der Waals surface area contributed by atoms with Gasteiger partial charge < -0.3 is 4.90 Å². The minimum absolute atomic E-state index is 0.0525. The number of anilines is 2. The number of carbonyl (C=O) groups is 1. The maximum absolute atomic E-state index is 12.1. The number of pyridine rings is 1. The van der Waals surface area contributed by atoms with Crippen molar-refractivity contribution in [3.63, 3.8) is 0 Å². The van der Waals surface area contributed by atoms with E-state index in [1.807, 2.05) is 37.3 Å². The van der Waals surface area contributed by atoms with Gasteiger partial charge in [0.05, 0.1) is 18.2 Å². The highest BCUT2D eigenvalue weighted by molar-refractivity contribution is 8.01. The summed E-state index contributed by atoms with van der Waals surface area (Å²) in [4.78, 5) is 18.6. The van der Waals surface area contributed by atoms with Crippen molar-refractivity contribution in [1.29, 1.82) is 5.26 Å². The Morgan fingerprint density at radius 2 is 2.12 bits per heavy atom. The summed E-state index contributed by atoms with van der Waals surface area (Å²) in [5, 5.41) is 9.57. The molecule has 0 unspecified atom stereocenters. The van der Waals surface area contributed by atoms with Gasteiger partial charge in [0.2, 0.25) is 5.91 Å². The fourth-order valence-corrected chi connectivity index (χ4v) is 3.36. The average Bonchev–Trinajstić information content (AvgIpc) is 2.61. The van der Waals surface area contributed by atoms with Crippen LogP contribution in [0.2, 0.25) is 0 Å². The summed E-state index contributed by atoms with van der Waals surface area (Å²) in [6.45, 7) is 7.14. The third-order valence-electron chi connectivity index (χ3n) is 3.75. The Kier molecular flexibility index (Phi) is 6.84. The maximum atomic E-state index is 12.1. The number of hydrogen-bond acceptors (Lipinski definition) is 5. The Morgan fingerprint density at radius 1 is 1.32 bits per heavy atom. The monoisotopic (exact) mass is 354 g/mol. The van der Waals surface area contributed by atoms with E-state index in [1.54, 1.807) is 17.4 Å². The van der Waals surface area contributed by atoms with Gasteiger partial charge in [0.15, 0.2) is 0 Å². The van der Waals surface area contributed by atoms with Crippen LogP contribution >= 0.6 is 11.9 Å². The first kappa shape index (κ1) is 18.8. The SMILES string of the molecule is CCN(CCC#N)c1ccc(N(Sc2ccccn2)C(C)=O)c(C)c1. The number of aromatic nitrogens is 1. The predicted octanol–water partition coefficient (Wildman–Crippen LogP) is 4.19. The highest BCUT2D eigenvalue weighted by Gasteiger charge is 2.17. The number of benzene rings is 1. The Labute approximate surface area is 153 Å². The summed E-state index contributed by atoms with van der Waals surface area (Å²) in [5.41, 5.74) is 2.92. The second kappa shape index (κ2) is 9.09. The molecule has 0 aliphatic heterocycles. The van der Waals surface area contributed by atoms with Crippen molar-refractivity contribution in [1.82, 2.24) is 4.98 Å². The molecular weight excluding hydrogens is 332 g/mol. The Balaban J connectivity index is 2.27. The molecule has 0 spiro atoms. The van der Waals surface area contributed by atoms with E-state index >= 15 is 0 Å². The molecule has 0 N–H and O–H groups in total. The molecule has 0 radical (unpaired) electrons. The van der Waals surface area contributed by atoms with Crippen LogP contribution in [-0.2, 0) is 4.79 Å². The first-order chi connectivity index (χ1) is 12.1. The molecule has 2 aromatic rings. The van der Waals surface area contributed by atoms with Crippen LogP contribution in [0.4, 0.5) is 11.4 Å². The third kappa shape index (κ3) is 4.97. The molecule has 0 aliphatic rings. The lowest BCUT2D eigenvalue weighted by Gasteiger charge is -2.25. The van der Waals surface area contributed by atoms with E-state index in [0.717, 1.165) is 28.5 Å². The fourth-order valence-electron chi connectivity index (χ4n) is 2.50. The minimum Gasteiger partial charge on any atom is -0.371 e. The van der Waals surface area contributed by atoms with Gasteiger partial charge in [0, 0.05) is 43.8 Å². The van der Waals surface area contributed by atoms with Crippen LogP contribution in [0.3, 0.4) is 0 Å². The van der Waals surface area contributed by atoms with Crippen molar-refractivity contribution in [3.8, 4) is 6.07 Å². The topological polar surface area (TPSA) is 60.2 Å².